The van der Waals surface area contributed by atoms with Crippen molar-refractivity contribution in [3.05, 3.63) is 104 Å². The summed E-state index contributed by atoms with van der Waals surface area (Å²) in [7, 11) is 1.61. The molecule has 0 atom stereocenters. The number of rotatable bonds is 7. The predicted octanol–water partition coefficient (Wildman–Crippen LogP) is 3.60. The Labute approximate surface area is 183 Å². The van der Waals surface area contributed by atoms with Crippen molar-refractivity contribution in [2.75, 3.05) is 6.61 Å². The summed E-state index contributed by atoms with van der Waals surface area (Å²) in [5.74, 6) is -0.540. The number of fused-ring (bicyclic) bond motifs is 1. The first kappa shape index (κ1) is 20.8. The fraction of sp³-hybridized carbons (Fsp3) is 0.208. The first-order valence-electron chi connectivity index (χ1n) is 10.0. The highest BCUT2D eigenvalue weighted by molar-refractivity contribution is 7.17. The summed E-state index contributed by atoms with van der Waals surface area (Å²) < 4.78 is 8.01. The second kappa shape index (κ2) is 9.14. The summed E-state index contributed by atoms with van der Waals surface area (Å²) in [4.78, 5) is 39.1. The van der Waals surface area contributed by atoms with E-state index in [0.29, 0.717) is 11.3 Å². The minimum atomic E-state index is -0.540. The Morgan fingerprint density at radius 3 is 2.29 bits per heavy atom. The number of nitrogens with zero attached hydrogens (tertiary/aromatic N) is 2. The van der Waals surface area contributed by atoms with Crippen LogP contribution in [0.4, 0.5) is 0 Å². The van der Waals surface area contributed by atoms with E-state index in [1.807, 2.05) is 60.7 Å². The number of thiophene rings is 1. The number of hydrogen-bond donors (Lipinski definition) is 0. The molecule has 158 valence electrons. The molecule has 0 aliphatic carbocycles. The smallest absolute Gasteiger partial charge is 0.339 e. The lowest BCUT2D eigenvalue weighted by Gasteiger charge is -2.09. The van der Waals surface area contributed by atoms with Crippen LogP contribution in [-0.2, 0) is 24.8 Å². The van der Waals surface area contributed by atoms with Crippen LogP contribution >= 0.6 is 11.3 Å². The third-order valence-corrected chi connectivity index (χ3v) is 6.20. The minimum Gasteiger partial charge on any atom is -0.462 e. The molecule has 0 fully saturated rings. The van der Waals surface area contributed by atoms with Gasteiger partial charge in [0.25, 0.3) is 5.56 Å². The standard InChI is InChI=1S/C24H22N2O4S/c1-25-22-20(21(27)26(24(25)29)15-18-11-6-3-7-12-18)19(16-31-22)23(28)30-14-8-13-17-9-4-2-5-10-17/h2-7,9-12,16H,8,13-15H2,1H3. The van der Waals surface area contributed by atoms with E-state index in [9.17, 15) is 14.4 Å². The van der Waals surface area contributed by atoms with Crippen molar-refractivity contribution < 1.29 is 9.53 Å². The number of aromatic nitrogens is 2. The number of benzene rings is 2. The van der Waals surface area contributed by atoms with E-state index in [1.54, 1.807) is 12.4 Å². The van der Waals surface area contributed by atoms with Gasteiger partial charge in [0.1, 0.15) is 4.83 Å². The van der Waals surface area contributed by atoms with Crippen molar-refractivity contribution >= 4 is 27.5 Å². The van der Waals surface area contributed by atoms with Crippen molar-refractivity contribution in [2.24, 2.45) is 7.05 Å². The second-order valence-electron chi connectivity index (χ2n) is 7.27. The summed E-state index contributed by atoms with van der Waals surface area (Å²) in [5, 5.41) is 1.83. The third-order valence-electron chi connectivity index (χ3n) is 5.14. The largest absolute Gasteiger partial charge is 0.462 e. The molecule has 2 heterocycles. The molecular formula is C24H22N2O4S. The molecule has 7 heteroatoms. The number of carbonyl (C=O) groups is 1. The molecule has 0 aliphatic heterocycles. The molecule has 6 nitrogen and oxygen atoms in total. The monoisotopic (exact) mass is 434 g/mol. The van der Waals surface area contributed by atoms with Crippen LogP contribution in [0.25, 0.3) is 10.2 Å². The quantitative estimate of drug-likeness (QED) is 0.329. The number of carbonyl (C=O) groups excluding carboxylic acids is 1. The van der Waals surface area contributed by atoms with Crippen LogP contribution in [-0.4, -0.2) is 21.7 Å². The van der Waals surface area contributed by atoms with Crippen LogP contribution in [0.2, 0.25) is 0 Å². The Kier molecular flexibility index (Phi) is 6.13. The van der Waals surface area contributed by atoms with Crippen LogP contribution in [0.5, 0.6) is 0 Å². The Morgan fingerprint density at radius 2 is 1.61 bits per heavy atom. The van der Waals surface area contributed by atoms with E-state index in [-0.39, 0.29) is 24.1 Å². The number of ether oxygens (including phenoxy) is 1. The summed E-state index contributed by atoms with van der Waals surface area (Å²) >= 11 is 1.20. The molecule has 0 spiro atoms. The average Bonchev–Trinajstić information content (AvgIpc) is 3.25. The Morgan fingerprint density at radius 1 is 0.968 bits per heavy atom. The van der Waals surface area contributed by atoms with Gasteiger partial charge in [-0.25, -0.2) is 9.59 Å². The molecule has 0 aliphatic rings. The Hall–Kier alpha value is -3.45. The molecule has 0 unspecified atom stereocenters. The van der Waals surface area contributed by atoms with Crippen molar-refractivity contribution in [1.82, 2.24) is 9.13 Å². The lowest BCUT2D eigenvalue weighted by molar-refractivity contribution is 0.0503. The molecule has 0 amide bonds. The maximum Gasteiger partial charge on any atom is 0.339 e. The molecule has 0 saturated carbocycles. The maximum atomic E-state index is 13.2. The second-order valence-corrected chi connectivity index (χ2v) is 8.13. The van der Waals surface area contributed by atoms with Gasteiger partial charge in [-0.05, 0) is 24.0 Å². The summed E-state index contributed by atoms with van der Waals surface area (Å²) in [6.45, 7) is 0.402. The van der Waals surface area contributed by atoms with Crippen molar-refractivity contribution in [1.29, 1.82) is 0 Å². The molecule has 2 aromatic heterocycles. The van der Waals surface area contributed by atoms with Crippen molar-refractivity contribution in [2.45, 2.75) is 19.4 Å². The number of hydrogen-bond acceptors (Lipinski definition) is 5. The van der Waals surface area contributed by atoms with Gasteiger partial charge >= 0.3 is 11.7 Å². The van der Waals surface area contributed by atoms with Gasteiger partial charge in [0.05, 0.1) is 24.1 Å². The SMILES string of the molecule is Cn1c(=O)n(Cc2ccccc2)c(=O)c2c(C(=O)OCCCc3ccccc3)csc21. The average molecular weight is 435 g/mol. The molecule has 0 saturated heterocycles. The molecule has 0 bridgehead atoms. The third kappa shape index (κ3) is 4.36. The highest BCUT2D eigenvalue weighted by Crippen LogP contribution is 2.22. The molecule has 0 radical (unpaired) electrons. The zero-order valence-corrected chi connectivity index (χ0v) is 17.9. The molecule has 4 aromatic rings. The van der Waals surface area contributed by atoms with E-state index in [2.05, 4.69) is 0 Å². The topological polar surface area (TPSA) is 70.3 Å². The van der Waals surface area contributed by atoms with Gasteiger partial charge < -0.3 is 4.74 Å². The number of esters is 1. The molecule has 2 aromatic carbocycles. The number of aryl methyl sites for hydroxylation is 2. The van der Waals surface area contributed by atoms with E-state index in [0.717, 1.165) is 16.6 Å². The molecule has 31 heavy (non-hydrogen) atoms. The molecular weight excluding hydrogens is 412 g/mol. The Balaban J connectivity index is 1.57. The van der Waals surface area contributed by atoms with Gasteiger partial charge in [0.15, 0.2) is 0 Å². The zero-order valence-electron chi connectivity index (χ0n) is 17.1. The van der Waals surface area contributed by atoms with Gasteiger partial charge in [-0.1, -0.05) is 60.7 Å². The van der Waals surface area contributed by atoms with E-state index >= 15 is 0 Å². The van der Waals surface area contributed by atoms with E-state index in [4.69, 9.17) is 4.74 Å². The lowest BCUT2D eigenvalue weighted by Crippen LogP contribution is -2.39. The van der Waals surface area contributed by atoms with Crippen LogP contribution in [0, 0.1) is 0 Å². The maximum absolute atomic E-state index is 13.2. The highest BCUT2D eigenvalue weighted by atomic mass is 32.1. The summed E-state index contributed by atoms with van der Waals surface area (Å²) in [5.41, 5.74) is 1.34. The Bertz CT molecular complexity index is 1320. The lowest BCUT2D eigenvalue weighted by atomic mass is 10.1. The molecule has 4 rings (SSSR count). The van der Waals surface area contributed by atoms with Crippen LogP contribution in [0.1, 0.15) is 27.9 Å². The van der Waals surface area contributed by atoms with E-state index in [1.165, 1.54) is 21.5 Å². The van der Waals surface area contributed by atoms with Crippen molar-refractivity contribution in [3.63, 3.8) is 0 Å². The summed E-state index contributed by atoms with van der Waals surface area (Å²) in [6.07, 6.45) is 1.49. The normalized spacial score (nSPS) is 11.0. The summed E-state index contributed by atoms with van der Waals surface area (Å²) in [6, 6.07) is 19.3. The van der Waals surface area contributed by atoms with E-state index < -0.39 is 17.2 Å². The molecule has 0 N–H and O–H groups in total. The first-order valence-corrected chi connectivity index (χ1v) is 10.9. The van der Waals surface area contributed by atoms with Crippen LogP contribution < -0.4 is 11.2 Å². The van der Waals surface area contributed by atoms with Crippen LogP contribution in [0.3, 0.4) is 0 Å². The first-order chi connectivity index (χ1) is 15.1. The fourth-order valence-corrected chi connectivity index (χ4v) is 4.51. The van der Waals surface area contributed by atoms with Gasteiger partial charge in [0, 0.05) is 12.4 Å². The van der Waals surface area contributed by atoms with Gasteiger partial charge in [-0.2, -0.15) is 0 Å². The van der Waals surface area contributed by atoms with Gasteiger partial charge in [-0.3, -0.25) is 13.9 Å². The fourth-order valence-electron chi connectivity index (χ4n) is 3.51. The minimum absolute atomic E-state index is 0.143. The zero-order chi connectivity index (χ0) is 21.8. The highest BCUT2D eigenvalue weighted by Gasteiger charge is 2.21. The van der Waals surface area contributed by atoms with Crippen LogP contribution in [0.15, 0.2) is 75.6 Å². The predicted molar refractivity (Wildman–Crippen MR) is 122 cm³/mol. The van der Waals surface area contributed by atoms with Crippen molar-refractivity contribution in [3.8, 4) is 0 Å². The van der Waals surface area contributed by atoms with Gasteiger partial charge in [0.2, 0.25) is 0 Å². The van der Waals surface area contributed by atoms with Gasteiger partial charge in [-0.15, -0.1) is 11.3 Å².